The van der Waals surface area contributed by atoms with E-state index in [1.807, 2.05) is 0 Å². The third-order valence-corrected chi connectivity index (χ3v) is 2.80. The highest BCUT2D eigenvalue weighted by Crippen LogP contribution is 2.24. The van der Waals surface area contributed by atoms with Gasteiger partial charge in [0.05, 0.1) is 0 Å². The number of hydrogen-bond donors (Lipinski definition) is 2. The quantitative estimate of drug-likeness (QED) is 0.722. The Morgan fingerprint density at radius 2 is 2.21 bits per heavy atom. The molecule has 0 amide bonds. The third-order valence-electron chi connectivity index (χ3n) is 2.26. The second-order valence-electron chi connectivity index (χ2n) is 3.24. The molecule has 1 aliphatic rings. The summed E-state index contributed by atoms with van der Waals surface area (Å²) in [7, 11) is 0. The Balaban J connectivity index is 2.22. The van der Waals surface area contributed by atoms with Crippen molar-refractivity contribution >= 4 is 23.2 Å². The maximum atomic E-state index is 6.07. The maximum absolute atomic E-state index is 6.07. The summed E-state index contributed by atoms with van der Waals surface area (Å²) in [5, 5.41) is 7.76. The predicted octanol–water partition coefficient (Wildman–Crippen LogP) is 1.62. The van der Waals surface area contributed by atoms with Gasteiger partial charge in [0, 0.05) is 42.5 Å². The first-order valence-corrected chi connectivity index (χ1v) is 5.28. The highest BCUT2D eigenvalue weighted by atomic mass is 35.5. The number of aromatic nitrogens is 1. The van der Waals surface area contributed by atoms with Gasteiger partial charge in [-0.3, -0.25) is 0 Å². The lowest BCUT2D eigenvalue weighted by atomic mass is 10.1. The Bertz CT molecular complexity index is 324. The molecule has 1 aliphatic heterocycles. The van der Waals surface area contributed by atoms with Crippen LogP contribution in [0.2, 0.25) is 10.2 Å². The number of halogens is 2. The number of hydrogen-bond acceptors (Lipinski definition) is 3. The zero-order valence-electron chi connectivity index (χ0n) is 7.56. The first kappa shape index (κ1) is 10.2. The van der Waals surface area contributed by atoms with Crippen molar-refractivity contribution in [2.24, 2.45) is 0 Å². The van der Waals surface area contributed by atoms with Gasteiger partial charge in [-0.2, -0.15) is 0 Å². The summed E-state index contributed by atoms with van der Waals surface area (Å²) in [4.78, 5) is 4.03. The SMILES string of the molecule is Clc1cc(Cl)c(C2CNCCN2)cn1. The first-order valence-electron chi connectivity index (χ1n) is 4.52. The van der Waals surface area contributed by atoms with E-state index in [0.29, 0.717) is 10.2 Å². The molecule has 1 unspecified atom stereocenters. The number of nitrogens with one attached hydrogen (secondary N) is 2. The van der Waals surface area contributed by atoms with Gasteiger partial charge in [0.15, 0.2) is 0 Å². The van der Waals surface area contributed by atoms with Gasteiger partial charge in [0.2, 0.25) is 0 Å². The predicted molar refractivity (Wildman–Crippen MR) is 57.9 cm³/mol. The van der Waals surface area contributed by atoms with Crippen LogP contribution >= 0.6 is 23.2 Å². The standard InChI is InChI=1S/C9H11Cl2N3/c10-7-3-9(11)14-4-6(7)8-5-12-1-2-13-8/h3-4,8,12-13H,1-2,5H2. The van der Waals surface area contributed by atoms with Gasteiger partial charge in [-0.05, 0) is 6.07 Å². The number of piperazine rings is 1. The molecule has 14 heavy (non-hydrogen) atoms. The summed E-state index contributed by atoms with van der Waals surface area (Å²) < 4.78 is 0. The second kappa shape index (κ2) is 4.45. The monoisotopic (exact) mass is 231 g/mol. The van der Waals surface area contributed by atoms with E-state index < -0.39 is 0 Å². The third kappa shape index (κ3) is 2.17. The van der Waals surface area contributed by atoms with Crippen molar-refractivity contribution in [2.75, 3.05) is 19.6 Å². The molecule has 5 heteroatoms. The van der Waals surface area contributed by atoms with E-state index in [1.165, 1.54) is 0 Å². The molecule has 2 rings (SSSR count). The summed E-state index contributed by atoms with van der Waals surface area (Å²) in [6, 6.07) is 1.91. The molecule has 0 bridgehead atoms. The van der Waals surface area contributed by atoms with Crippen LogP contribution in [0.1, 0.15) is 11.6 Å². The van der Waals surface area contributed by atoms with Crippen LogP contribution in [0.3, 0.4) is 0 Å². The van der Waals surface area contributed by atoms with Gasteiger partial charge >= 0.3 is 0 Å². The van der Waals surface area contributed by atoms with Crippen molar-refractivity contribution in [3.63, 3.8) is 0 Å². The molecule has 1 fully saturated rings. The number of pyridine rings is 1. The molecule has 0 aromatic carbocycles. The van der Waals surface area contributed by atoms with E-state index in [-0.39, 0.29) is 6.04 Å². The van der Waals surface area contributed by atoms with E-state index in [0.717, 1.165) is 25.2 Å². The van der Waals surface area contributed by atoms with Gasteiger partial charge in [0.25, 0.3) is 0 Å². The fourth-order valence-electron chi connectivity index (χ4n) is 1.55. The number of nitrogens with zero attached hydrogens (tertiary/aromatic N) is 1. The topological polar surface area (TPSA) is 37.0 Å². The second-order valence-corrected chi connectivity index (χ2v) is 4.03. The van der Waals surface area contributed by atoms with Crippen molar-refractivity contribution in [1.82, 2.24) is 15.6 Å². The molecule has 0 spiro atoms. The van der Waals surface area contributed by atoms with Gasteiger partial charge in [0.1, 0.15) is 5.15 Å². The minimum Gasteiger partial charge on any atom is -0.314 e. The van der Waals surface area contributed by atoms with Crippen molar-refractivity contribution in [3.8, 4) is 0 Å². The van der Waals surface area contributed by atoms with Gasteiger partial charge in [-0.1, -0.05) is 23.2 Å². The zero-order valence-corrected chi connectivity index (χ0v) is 9.07. The van der Waals surface area contributed by atoms with Crippen LogP contribution in [0, 0.1) is 0 Å². The molecule has 1 aromatic heterocycles. The Morgan fingerprint density at radius 1 is 1.36 bits per heavy atom. The average molecular weight is 232 g/mol. The lowest BCUT2D eigenvalue weighted by Crippen LogP contribution is -2.42. The Labute approximate surface area is 92.8 Å². The minimum absolute atomic E-state index is 0.237. The average Bonchev–Trinajstić information content (AvgIpc) is 2.19. The molecule has 1 saturated heterocycles. The highest BCUT2D eigenvalue weighted by molar-refractivity contribution is 6.34. The van der Waals surface area contributed by atoms with Crippen molar-refractivity contribution in [3.05, 3.63) is 28.0 Å². The molecule has 0 aliphatic carbocycles. The number of rotatable bonds is 1. The van der Waals surface area contributed by atoms with Crippen LogP contribution in [-0.2, 0) is 0 Å². The Hall–Kier alpha value is -0.350. The molecule has 0 saturated carbocycles. The van der Waals surface area contributed by atoms with Crippen LogP contribution in [0.4, 0.5) is 0 Å². The van der Waals surface area contributed by atoms with Gasteiger partial charge in [-0.25, -0.2) is 4.98 Å². The fourth-order valence-corrected chi connectivity index (χ4v) is 2.05. The maximum Gasteiger partial charge on any atom is 0.130 e. The van der Waals surface area contributed by atoms with Crippen LogP contribution in [-0.4, -0.2) is 24.6 Å². The van der Waals surface area contributed by atoms with E-state index in [1.54, 1.807) is 12.3 Å². The molecular weight excluding hydrogens is 221 g/mol. The van der Waals surface area contributed by atoms with E-state index >= 15 is 0 Å². The molecule has 0 radical (unpaired) electrons. The molecule has 1 atom stereocenters. The first-order chi connectivity index (χ1) is 6.77. The molecule has 76 valence electrons. The van der Waals surface area contributed by atoms with Crippen LogP contribution in [0.5, 0.6) is 0 Å². The molecule has 1 aromatic rings. The summed E-state index contributed by atoms with van der Waals surface area (Å²) in [6.45, 7) is 2.82. The van der Waals surface area contributed by atoms with Crippen LogP contribution in [0.25, 0.3) is 0 Å². The van der Waals surface area contributed by atoms with Gasteiger partial charge < -0.3 is 10.6 Å². The van der Waals surface area contributed by atoms with Crippen LogP contribution in [0.15, 0.2) is 12.3 Å². The van der Waals surface area contributed by atoms with E-state index in [4.69, 9.17) is 23.2 Å². The summed E-state index contributed by atoms with van der Waals surface area (Å²) in [5.74, 6) is 0. The van der Waals surface area contributed by atoms with Crippen molar-refractivity contribution in [2.45, 2.75) is 6.04 Å². The molecule has 2 N–H and O–H groups in total. The van der Waals surface area contributed by atoms with Crippen molar-refractivity contribution in [1.29, 1.82) is 0 Å². The molecule has 2 heterocycles. The normalized spacial score (nSPS) is 22.3. The fraction of sp³-hybridized carbons (Fsp3) is 0.444. The molecule has 3 nitrogen and oxygen atoms in total. The van der Waals surface area contributed by atoms with Gasteiger partial charge in [-0.15, -0.1) is 0 Å². The minimum atomic E-state index is 0.237. The molecular formula is C9H11Cl2N3. The zero-order chi connectivity index (χ0) is 9.97. The Morgan fingerprint density at radius 3 is 2.86 bits per heavy atom. The van der Waals surface area contributed by atoms with E-state index in [9.17, 15) is 0 Å². The summed E-state index contributed by atoms with van der Waals surface area (Å²) in [6.07, 6.45) is 1.73. The lowest BCUT2D eigenvalue weighted by Gasteiger charge is -2.25. The Kier molecular flexibility index (Phi) is 3.23. The highest BCUT2D eigenvalue weighted by Gasteiger charge is 2.17. The van der Waals surface area contributed by atoms with E-state index in [2.05, 4.69) is 15.6 Å². The lowest BCUT2D eigenvalue weighted by molar-refractivity contribution is 0.429. The summed E-state index contributed by atoms with van der Waals surface area (Å²) in [5.41, 5.74) is 1.00. The smallest absolute Gasteiger partial charge is 0.130 e. The largest absolute Gasteiger partial charge is 0.314 e. The summed E-state index contributed by atoms with van der Waals surface area (Å²) >= 11 is 11.8. The van der Waals surface area contributed by atoms with Crippen LogP contribution < -0.4 is 10.6 Å². The van der Waals surface area contributed by atoms with Crippen molar-refractivity contribution < 1.29 is 0 Å².